The summed E-state index contributed by atoms with van der Waals surface area (Å²) in [5.74, 6) is -0.562. The van der Waals surface area contributed by atoms with Crippen LogP contribution in [-0.2, 0) is 9.53 Å². The molecule has 2 rings (SSSR count). The third-order valence-corrected chi connectivity index (χ3v) is 4.20. The summed E-state index contributed by atoms with van der Waals surface area (Å²) in [4.78, 5) is 37.9. The van der Waals surface area contributed by atoms with Crippen LogP contribution in [0.2, 0.25) is 5.02 Å². The number of amides is 1. The van der Waals surface area contributed by atoms with Crippen LogP contribution in [0.25, 0.3) is 0 Å². The van der Waals surface area contributed by atoms with Gasteiger partial charge in [0.15, 0.2) is 0 Å². The number of esters is 1. The van der Waals surface area contributed by atoms with Gasteiger partial charge in [0.25, 0.3) is 11.5 Å². The lowest BCUT2D eigenvalue weighted by atomic mass is 9.86. The van der Waals surface area contributed by atoms with Crippen LogP contribution in [0.3, 0.4) is 0 Å². The van der Waals surface area contributed by atoms with Gasteiger partial charge in [0, 0.05) is 12.2 Å². The molecule has 1 aliphatic rings. The lowest BCUT2D eigenvalue weighted by molar-refractivity contribution is -0.161. The molecule has 1 fully saturated rings. The Morgan fingerprint density at radius 3 is 2.42 bits per heavy atom. The molecule has 1 aliphatic carbocycles. The Kier molecular flexibility index (Phi) is 5.70. The Morgan fingerprint density at radius 1 is 1.25 bits per heavy atom. The molecule has 1 amide bonds. The van der Waals surface area contributed by atoms with Crippen molar-refractivity contribution < 1.29 is 14.3 Å². The minimum absolute atomic E-state index is 0.00175. The lowest BCUT2D eigenvalue weighted by Crippen LogP contribution is -2.40. The summed E-state index contributed by atoms with van der Waals surface area (Å²) in [6.07, 6.45) is 4.15. The molecule has 2 N–H and O–H groups in total. The second-order valence-corrected chi connectivity index (χ2v) is 7.53. The Bertz CT molecular complexity index is 670. The predicted molar refractivity (Wildman–Crippen MR) is 91.1 cm³/mol. The fourth-order valence-electron chi connectivity index (χ4n) is 2.71. The van der Waals surface area contributed by atoms with Crippen molar-refractivity contribution in [2.75, 3.05) is 0 Å². The minimum atomic E-state index is -0.481. The second kappa shape index (κ2) is 7.38. The fraction of sp³-hybridized carbons (Fsp3) is 0.588. The first-order chi connectivity index (χ1) is 11.2. The van der Waals surface area contributed by atoms with Gasteiger partial charge in [-0.25, -0.2) is 0 Å². The zero-order valence-corrected chi connectivity index (χ0v) is 14.9. The number of carbonyl (C=O) groups is 2. The van der Waals surface area contributed by atoms with E-state index in [0.29, 0.717) is 31.2 Å². The highest BCUT2D eigenvalue weighted by Gasteiger charge is 2.30. The zero-order chi connectivity index (χ0) is 17.9. The maximum absolute atomic E-state index is 12.2. The molecule has 24 heavy (non-hydrogen) atoms. The van der Waals surface area contributed by atoms with Crippen LogP contribution in [0.15, 0.2) is 17.1 Å². The van der Waals surface area contributed by atoms with Gasteiger partial charge in [-0.3, -0.25) is 14.4 Å². The van der Waals surface area contributed by atoms with E-state index in [1.54, 1.807) is 0 Å². The summed E-state index contributed by atoms with van der Waals surface area (Å²) < 4.78 is 5.41. The molecule has 1 aromatic rings. The van der Waals surface area contributed by atoms with Gasteiger partial charge >= 0.3 is 5.97 Å². The highest BCUT2D eigenvalue weighted by Crippen LogP contribution is 2.27. The van der Waals surface area contributed by atoms with Gasteiger partial charge in [-0.2, -0.15) is 0 Å². The SMILES string of the molecule is CC(C)(C)OC(=O)C1CCC(NC(=O)c2c[nH]c(=O)c(Cl)c2)CC1. The zero-order valence-electron chi connectivity index (χ0n) is 14.1. The number of ether oxygens (including phenoxy) is 1. The van der Waals surface area contributed by atoms with Crippen molar-refractivity contribution in [3.8, 4) is 0 Å². The summed E-state index contributed by atoms with van der Waals surface area (Å²) in [7, 11) is 0. The van der Waals surface area contributed by atoms with Crippen molar-refractivity contribution >= 4 is 23.5 Å². The van der Waals surface area contributed by atoms with E-state index in [1.165, 1.54) is 12.3 Å². The van der Waals surface area contributed by atoms with Crippen LogP contribution < -0.4 is 10.9 Å². The average molecular weight is 355 g/mol. The Hall–Kier alpha value is -1.82. The Labute approximate surface area is 145 Å². The van der Waals surface area contributed by atoms with Crippen LogP contribution >= 0.6 is 11.6 Å². The van der Waals surface area contributed by atoms with Gasteiger partial charge < -0.3 is 15.0 Å². The number of hydrogen-bond acceptors (Lipinski definition) is 4. The molecule has 7 heteroatoms. The molecule has 0 spiro atoms. The van der Waals surface area contributed by atoms with Crippen LogP contribution in [0.4, 0.5) is 0 Å². The molecule has 0 unspecified atom stereocenters. The lowest BCUT2D eigenvalue weighted by Gasteiger charge is -2.30. The van der Waals surface area contributed by atoms with Crippen LogP contribution in [0.5, 0.6) is 0 Å². The summed E-state index contributed by atoms with van der Waals surface area (Å²) >= 11 is 5.73. The molecule has 132 valence electrons. The van der Waals surface area contributed by atoms with Crippen molar-refractivity contribution in [3.63, 3.8) is 0 Å². The molecule has 1 aromatic heterocycles. The number of rotatable bonds is 3. The maximum Gasteiger partial charge on any atom is 0.309 e. The summed E-state index contributed by atoms with van der Waals surface area (Å²) in [5, 5.41) is 2.90. The first-order valence-electron chi connectivity index (χ1n) is 8.07. The molecule has 1 saturated carbocycles. The van der Waals surface area contributed by atoms with E-state index >= 15 is 0 Å². The topological polar surface area (TPSA) is 88.3 Å². The second-order valence-electron chi connectivity index (χ2n) is 7.12. The van der Waals surface area contributed by atoms with E-state index in [0.717, 1.165) is 0 Å². The van der Waals surface area contributed by atoms with E-state index in [4.69, 9.17) is 16.3 Å². The highest BCUT2D eigenvalue weighted by molar-refractivity contribution is 6.30. The van der Waals surface area contributed by atoms with E-state index in [-0.39, 0.29) is 28.9 Å². The number of aromatic nitrogens is 1. The molecule has 0 atom stereocenters. The molecular weight excluding hydrogens is 332 g/mol. The first-order valence-corrected chi connectivity index (χ1v) is 8.45. The summed E-state index contributed by atoms with van der Waals surface area (Å²) in [5.41, 5.74) is -0.592. The van der Waals surface area contributed by atoms with Gasteiger partial charge in [-0.05, 0) is 52.5 Å². The van der Waals surface area contributed by atoms with E-state index in [9.17, 15) is 14.4 Å². The number of carbonyl (C=O) groups excluding carboxylic acids is 2. The van der Waals surface area contributed by atoms with Crippen molar-refractivity contribution in [2.24, 2.45) is 5.92 Å². The molecule has 0 aromatic carbocycles. The molecule has 0 aliphatic heterocycles. The molecule has 1 heterocycles. The van der Waals surface area contributed by atoms with Crippen molar-refractivity contribution in [1.82, 2.24) is 10.3 Å². The van der Waals surface area contributed by atoms with Crippen LogP contribution in [0, 0.1) is 5.92 Å². The largest absolute Gasteiger partial charge is 0.460 e. The van der Waals surface area contributed by atoms with Crippen LogP contribution in [-0.4, -0.2) is 28.5 Å². The van der Waals surface area contributed by atoms with Crippen LogP contribution in [0.1, 0.15) is 56.8 Å². The molecule has 0 bridgehead atoms. The van der Waals surface area contributed by atoms with Crippen molar-refractivity contribution in [3.05, 3.63) is 33.2 Å². The normalized spacial score (nSPS) is 21.2. The van der Waals surface area contributed by atoms with Gasteiger partial charge in [0.05, 0.1) is 11.5 Å². The van der Waals surface area contributed by atoms with E-state index < -0.39 is 11.2 Å². The smallest absolute Gasteiger partial charge is 0.309 e. The number of halogens is 1. The Balaban J connectivity index is 1.86. The molecular formula is C17H23ClN2O4. The van der Waals surface area contributed by atoms with Crippen molar-refractivity contribution in [2.45, 2.75) is 58.1 Å². The number of aromatic amines is 1. The number of pyridine rings is 1. The third-order valence-electron chi connectivity index (χ3n) is 3.92. The summed E-state index contributed by atoms with van der Waals surface area (Å²) in [6, 6.07) is 1.35. The quantitative estimate of drug-likeness (QED) is 0.817. The monoisotopic (exact) mass is 354 g/mol. The van der Waals surface area contributed by atoms with E-state index in [1.807, 2.05) is 20.8 Å². The third kappa shape index (κ3) is 5.09. The molecule has 6 nitrogen and oxygen atoms in total. The highest BCUT2D eigenvalue weighted by atomic mass is 35.5. The van der Waals surface area contributed by atoms with Crippen molar-refractivity contribution in [1.29, 1.82) is 0 Å². The number of nitrogens with one attached hydrogen (secondary N) is 2. The number of H-pyrrole nitrogens is 1. The standard InChI is InChI=1S/C17H23ClN2O4/c1-17(2,3)24-16(23)10-4-6-12(7-5-10)20-14(21)11-8-13(18)15(22)19-9-11/h8-10,12H,4-7H2,1-3H3,(H,19,22)(H,20,21). The Morgan fingerprint density at radius 2 is 1.88 bits per heavy atom. The average Bonchev–Trinajstić information content (AvgIpc) is 2.49. The summed E-state index contributed by atoms with van der Waals surface area (Å²) in [6.45, 7) is 5.56. The van der Waals surface area contributed by atoms with Gasteiger partial charge in [0.1, 0.15) is 10.6 Å². The maximum atomic E-state index is 12.2. The minimum Gasteiger partial charge on any atom is -0.460 e. The first kappa shape index (κ1) is 18.5. The van der Waals surface area contributed by atoms with E-state index in [2.05, 4.69) is 10.3 Å². The molecule has 0 saturated heterocycles. The number of hydrogen-bond donors (Lipinski definition) is 2. The fourth-order valence-corrected chi connectivity index (χ4v) is 2.89. The predicted octanol–water partition coefficient (Wildman–Crippen LogP) is 2.66. The van der Waals surface area contributed by atoms with Gasteiger partial charge in [0.2, 0.25) is 0 Å². The van der Waals surface area contributed by atoms with Gasteiger partial charge in [-0.1, -0.05) is 11.6 Å². The van der Waals surface area contributed by atoms with Gasteiger partial charge in [-0.15, -0.1) is 0 Å². The molecule has 0 radical (unpaired) electrons.